The Balaban J connectivity index is 1.74. The van der Waals surface area contributed by atoms with Crippen LogP contribution in [0.3, 0.4) is 0 Å². The fraction of sp³-hybridized carbons (Fsp3) is 0.200. The summed E-state index contributed by atoms with van der Waals surface area (Å²) in [7, 11) is 4.02. The van der Waals surface area contributed by atoms with E-state index in [0.717, 1.165) is 56.8 Å². The van der Waals surface area contributed by atoms with E-state index in [0.29, 0.717) is 6.54 Å². The third-order valence-electron chi connectivity index (χ3n) is 5.84. The topological polar surface area (TPSA) is 37.6 Å². The van der Waals surface area contributed by atoms with E-state index in [1.54, 1.807) is 4.57 Å². The molecule has 4 heteroatoms. The quantitative estimate of drug-likeness (QED) is 0.542. The molecule has 0 saturated carbocycles. The lowest BCUT2D eigenvalue weighted by molar-refractivity contribution is 0.379. The first-order valence-electron chi connectivity index (χ1n) is 9.92. The fourth-order valence-electron chi connectivity index (χ4n) is 4.32. The number of pyridine rings is 1. The molecular weight excluding hydrogens is 358 g/mol. The molecule has 0 atom stereocenters. The van der Waals surface area contributed by atoms with Crippen LogP contribution in [0.5, 0.6) is 0 Å². The van der Waals surface area contributed by atoms with E-state index >= 15 is 0 Å². The molecule has 144 valence electrons. The number of aliphatic imine (C=N–C) groups is 1. The predicted octanol–water partition coefficient (Wildman–Crippen LogP) is 3.52. The van der Waals surface area contributed by atoms with Gasteiger partial charge in [0.1, 0.15) is 0 Å². The van der Waals surface area contributed by atoms with Crippen LogP contribution >= 0.6 is 0 Å². The Morgan fingerprint density at radius 2 is 1.79 bits per heavy atom. The van der Waals surface area contributed by atoms with Crippen LogP contribution in [0, 0.1) is 0 Å². The molecule has 0 radical (unpaired) electrons. The summed E-state index contributed by atoms with van der Waals surface area (Å²) in [6.45, 7) is 5.69. The standard InChI is InChI=1S/C25H23N3O/c1-16-18-11-12-19(23-15-17-7-4-5-10-22(17)26-23)20-8-6-9-21(24(18)20)25(29)28(16)14-13-27(2)3/h4-12H,1,13-15H2,2-3H3. The molecule has 0 bridgehead atoms. The lowest BCUT2D eigenvalue weighted by Crippen LogP contribution is -2.36. The molecule has 4 aromatic rings. The molecule has 0 fully saturated rings. The molecule has 0 spiro atoms. The van der Waals surface area contributed by atoms with Gasteiger partial charge in [0.2, 0.25) is 0 Å². The van der Waals surface area contributed by atoms with E-state index in [1.807, 2.05) is 32.3 Å². The van der Waals surface area contributed by atoms with Gasteiger partial charge >= 0.3 is 0 Å². The zero-order valence-electron chi connectivity index (χ0n) is 16.8. The van der Waals surface area contributed by atoms with Gasteiger partial charge in [0.15, 0.2) is 0 Å². The summed E-state index contributed by atoms with van der Waals surface area (Å²) in [5, 5.41) is 4.65. The highest BCUT2D eigenvalue weighted by Gasteiger charge is 2.19. The zero-order valence-corrected chi connectivity index (χ0v) is 16.8. The minimum Gasteiger partial charge on any atom is -0.308 e. The summed E-state index contributed by atoms with van der Waals surface area (Å²) >= 11 is 0. The predicted molar refractivity (Wildman–Crippen MR) is 121 cm³/mol. The third kappa shape index (κ3) is 2.79. The first-order chi connectivity index (χ1) is 14.0. The Kier molecular flexibility index (Phi) is 4.10. The number of nitrogens with zero attached hydrogens (tertiary/aromatic N) is 3. The number of fused-ring (bicyclic) bond motifs is 1. The highest BCUT2D eigenvalue weighted by atomic mass is 16.1. The minimum atomic E-state index is 0.0312. The second-order valence-electron chi connectivity index (χ2n) is 7.96. The maximum absolute atomic E-state index is 13.3. The van der Waals surface area contributed by atoms with Gasteiger partial charge in [-0.15, -0.1) is 0 Å². The molecule has 0 unspecified atom stereocenters. The van der Waals surface area contributed by atoms with E-state index in [-0.39, 0.29) is 5.56 Å². The van der Waals surface area contributed by atoms with Crippen LogP contribution in [-0.4, -0.2) is 35.8 Å². The number of para-hydroxylation sites is 1. The molecule has 1 aliphatic rings. The van der Waals surface area contributed by atoms with Crippen LogP contribution in [0.2, 0.25) is 0 Å². The SMILES string of the molecule is C=c1c2ccc(C3=Nc4ccccc4C3)c3cccc(c(=O)n1CCN(C)C)c32. The first kappa shape index (κ1) is 17.8. The summed E-state index contributed by atoms with van der Waals surface area (Å²) in [5.74, 6) is 0. The van der Waals surface area contributed by atoms with E-state index in [4.69, 9.17) is 4.99 Å². The van der Waals surface area contributed by atoms with Crippen molar-refractivity contribution < 1.29 is 0 Å². The largest absolute Gasteiger partial charge is 0.308 e. The number of benzene rings is 3. The Hall–Kier alpha value is -3.24. The van der Waals surface area contributed by atoms with Crippen molar-refractivity contribution >= 4 is 39.5 Å². The summed E-state index contributed by atoms with van der Waals surface area (Å²) in [6, 6.07) is 18.5. The van der Waals surface area contributed by atoms with Gasteiger partial charge in [0.25, 0.3) is 5.56 Å². The summed E-state index contributed by atoms with van der Waals surface area (Å²) < 4.78 is 1.81. The highest BCUT2D eigenvalue weighted by Crippen LogP contribution is 2.32. The number of aromatic nitrogens is 1. The van der Waals surface area contributed by atoms with Gasteiger partial charge < -0.3 is 9.47 Å². The van der Waals surface area contributed by atoms with Crippen molar-refractivity contribution in [3.8, 4) is 0 Å². The number of likely N-dealkylation sites (N-methyl/N-ethyl adjacent to an activating group) is 1. The van der Waals surface area contributed by atoms with Crippen LogP contribution in [0.4, 0.5) is 5.69 Å². The van der Waals surface area contributed by atoms with Crippen LogP contribution < -0.4 is 10.9 Å². The second kappa shape index (κ2) is 6.68. The molecule has 0 aliphatic carbocycles. The molecule has 3 aromatic carbocycles. The fourth-order valence-corrected chi connectivity index (χ4v) is 4.32. The van der Waals surface area contributed by atoms with Crippen molar-refractivity contribution in [1.29, 1.82) is 0 Å². The van der Waals surface area contributed by atoms with Gasteiger partial charge in [0, 0.05) is 46.6 Å². The molecule has 1 aliphatic heterocycles. The van der Waals surface area contributed by atoms with E-state index in [9.17, 15) is 4.79 Å². The van der Waals surface area contributed by atoms with Crippen LogP contribution in [-0.2, 0) is 13.0 Å². The van der Waals surface area contributed by atoms with Gasteiger partial charge in [-0.3, -0.25) is 9.79 Å². The van der Waals surface area contributed by atoms with Crippen molar-refractivity contribution in [2.45, 2.75) is 13.0 Å². The maximum Gasteiger partial charge on any atom is 0.258 e. The number of hydrogen-bond acceptors (Lipinski definition) is 3. The van der Waals surface area contributed by atoms with Crippen molar-refractivity contribution in [2.75, 3.05) is 20.6 Å². The minimum absolute atomic E-state index is 0.0312. The van der Waals surface area contributed by atoms with Crippen molar-refractivity contribution in [3.05, 3.63) is 81.4 Å². The van der Waals surface area contributed by atoms with Gasteiger partial charge in [-0.1, -0.05) is 49.0 Å². The van der Waals surface area contributed by atoms with E-state index < -0.39 is 0 Å². The summed E-state index contributed by atoms with van der Waals surface area (Å²) in [5.41, 5.74) is 4.48. The van der Waals surface area contributed by atoms with Gasteiger partial charge in [-0.25, -0.2) is 0 Å². The lowest BCUT2D eigenvalue weighted by Gasteiger charge is -2.16. The average Bonchev–Trinajstić information content (AvgIpc) is 3.15. The first-order valence-corrected chi connectivity index (χ1v) is 9.92. The molecule has 5 rings (SSSR count). The maximum atomic E-state index is 13.3. The third-order valence-corrected chi connectivity index (χ3v) is 5.84. The smallest absolute Gasteiger partial charge is 0.258 e. The molecule has 29 heavy (non-hydrogen) atoms. The van der Waals surface area contributed by atoms with Crippen LogP contribution in [0.1, 0.15) is 11.1 Å². The van der Waals surface area contributed by atoms with Crippen molar-refractivity contribution in [3.63, 3.8) is 0 Å². The summed E-state index contributed by atoms with van der Waals surface area (Å²) in [4.78, 5) is 20.2. The Bertz CT molecular complexity index is 1360. The Morgan fingerprint density at radius 3 is 2.59 bits per heavy atom. The normalized spacial score (nSPS) is 13.4. The molecule has 0 N–H and O–H groups in total. The van der Waals surface area contributed by atoms with Crippen molar-refractivity contribution in [2.24, 2.45) is 4.99 Å². The monoisotopic (exact) mass is 381 g/mol. The summed E-state index contributed by atoms with van der Waals surface area (Å²) in [6.07, 6.45) is 0.818. The molecule has 0 saturated heterocycles. The molecule has 1 aromatic heterocycles. The molecule has 0 amide bonds. The Labute approximate surface area is 169 Å². The van der Waals surface area contributed by atoms with E-state index in [2.05, 4.69) is 47.9 Å². The van der Waals surface area contributed by atoms with Gasteiger partial charge in [-0.2, -0.15) is 0 Å². The highest BCUT2D eigenvalue weighted by molar-refractivity contribution is 6.20. The molecule has 4 nitrogen and oxygen atoms in total. The molecular formula is C25H23N3O. The zero-order chi connectivity index (χ0) is 20.1. The number of hydrogen-bond donors (Lipinski definition) is 0. The average molecular weight is 381 g/mol. The van der Waals surface area contributed by atoms with Gasteiger partial charge in [0.05, 0.1) is 11.4 Å². The molecule has 2 heterocycles. The van der Waals surface area contributed by atoms with Crippen LogP contribution in [0.25, 0.3) is 28.1 Å². The van der Waals surface area contributed by atoms with Crippen molar-refractivity contribution in [1.82, 2.24) is 9.47 Å². The van der Waals surface area contributed by atoms with Gasteiger partial charge in [-0.05, 0) is 37.2 Å². The van der Waals surface area contributed by atoms with Crippen LogP contribution in [0.15, 0.2) is 64.4 Å². The Morgan fingerprint density at radius 1 is 1.00 bits per heavy atom. The number of rotatable bonds is 4. The second-order valence-corrected chi connectivity index (χ2v) is 7.96. The lowest BCUT2D eigenvalue weighted by atomic mass is 9.94. The van der Waals surface area contributed by atoms with E-state index in [1.165, 1.54) is 5.56 Å².